The molecule has 9 nitrogen and oxygen atoms in total. The summed E-state index contributed by atoms with van der Waals surface area (Å²) in [5, 5.41) is 6.76. The lowest BCUT2D eigenvalue weighted by Crippen LogP contribution is -2.39. The van der Waals surface area contributed by atoms with Gasteiger partial charge in [0.05, 0.1) is 11.1 Å². The molecule has 2 aliphatic rings. The molecule has 0 bridgehead atoms. The summed E-state index contributed by atoms with van der Waals surface area (Å²) >= 11 is 0. The molecule has 0 radical (unpaired) electrons. The van der Waals surface area contributed by atoms with Crippen LogP contribution in [0.25, 0.3) is 0 Å². The van der Waals surface area contributed by atoms with Crippen LogP contribution in [0.15, 0.2) is 30.3 Å². The normalized spacial score (nSPS) is 18.6. The lowest BCUT2D eigenvalue weighted by atomic mass is 9.94. The second kappa shape index (κ2) is 8.10. The number of aromatic amines is 1. The van der Waals surface area contributed by atoms with Gasteiger partial charge >= 0.3 is 0 Å². The van der Waals surface area contributed by atoms with Crippen LogP contribution >= 0.6 is 0 Å². The highest BCUT2D eigenvalue weighted by Crippen LogP contribution is 2.27. The van der Waals surface area contributed by atoms with Gasteiger partial charge in [-0.1, -0.05) is 12.1 Å². The number of likely N-dealkylation sites (tertiary alicyclic amines) is 1. The molecule has 1 saturated heterocycles. The molecular weight excluding hydrogens is 386 g/mol. The number of amides is 4. The number of carbonyl (C=O) groups is 4. The molecule has 4 amide bonds. The summed E-state index contributed by atoms with van der Waals surface area (Å²) in [4.78, 5) is 51.7. The number of aromatic nitrogens is 2. The van der Waals surface area contributed by atoms with E-state index in [1.165, 1.54) is 4.90 Å². The summed E-state index contributed by atoms with van der Waals surface area (Å²) in [6, 6.07) is 8.40. The zero-order valence-electron chi connectivity index (χ0n) is 16.5. The molecule has 0 spiro atoms. The Bertz CT molecular complexity index is 979. The monoisotopic (exact) mass is 409 g/mol. The summed E-state index contributed by atoms with van der Waals surface area (Å²) in [6.45, 7) is 1.42. The van der Waals surface area contributed by atoms with Gasteiger partial charge in [0.2, 0.25) is 5.91 Å². The Morgan fingerprint density at radius 2 is 1.87 bits per heavy atom. The standard InChI is InChI=1S/C21H23N5O4/c22-19(28)17-11-16(23-24-17)13-5-3-9-25(12-13)18(27)8-4-10-26-20(29)14-6-1-2-7-15(14)21(26)30/h1-2,6-7,11,13H,3-5,8-10,12H2,(H2,22,28)(H,23,24)/t13-/m1/s1. The molecule has 2 aliphatic heterocycles. The van der Waals surface area contributed by atoms with E-state index in [-0.39, 0.29) is 42.3 Å². The summed E-state index contributed by atoms with van der Waals surface area (Å²) < 4.78 is 0. The van der Waals surface area contributed by atoms with Gasteiger partial charge < -0.3 is 10.6 Å². The minimum Gasteiger partial charge on any atom is -0.364 e. The van der Waals surface area contributed by atoms with Crippen molar-refractivity contribution in [3.8, 4) is 0 Å². The van der Waals surface area contributed by atoms with Crippen LogP contribution in [0.5, 0.6) is 0 Å². The Morgan fingerprint density at radius 1 is 1.17 bits per heavy atom. The van der Waals surface area contributed by atoms with Crippen molar-refractivity contribution in [1.29, 1.82) is 0 Å². The topological polar surface area (TPSA) is 129 Å². The Labute approximate surface area is 173 Å². The molecule has 0 unspecified atom stereocenters. The molecule has 3 N–H and O–H groups in total. The van der Waals surface area contributed by atoms with Crippen LogP contribution in [0.4, 0.5) is 0 Å². The molecule has 30 heavy (non-hydrogen) atoms. The number of primary amides is 1. The van der Waals surface area contributed by atoms with Crippen LogP contribution in [0.3, 0.4) is 0 Å². The Kier molecular flexibility index (Phi) is 5.35. The van der Waals surface area contributed by atoms with Gasteiger partial charge in [0.1, 0.15) is 5.69 Å². The number of hydrogen-bond acceptors (Lipinski definition) is 5. The van der Waals surface area contributed by atoms with Crippen LogP contribution in [0.2, 0.25) is 0 Å². The molecule has 3 heterocycles. The molecule has 0 saturated carbocycles. The number of carbonyl (C=O) groups excluding carboxylic acids is 4. The maximum absolute atomic E-state index is 12.7. The number of hydrogen-bond donors (Lipinski definition) is 2. The fourth-order valence-corrected chi connectivity index (χ4v) is 4.12. The van der Waals surface area contributed by atoms with E-state index in [1.54, 1.807) is 35.2 Å². The summed E-state index contributed by atoms with van der Waals surface area (Å²) in [5.74, 6) is -1.13. The molecule has 1 fully saturated rings. The van der Waals surface area contributed by atoms with Crippen LogP contribution in [0.1, 0.15) is 68.5 Å². The van der Waals surface area contributed by atoms with E-state index in [2.05, 4.69) is 10.2 Å². The van der Waals surface area contributed by atoms with Crippen LogP contribution < -0.4 is 5.73 Å². The summed E-state index contributed by atoms with van der Waals surface area (Å²) in [6.07, 6.45) is 2.41. The first-order valence-corrected chi connectivity index (χ1v) is 10.0. The Hall–Kier alpha value is -3.49. The molecule has 1 aromatic heterocycles. The number of nitrogens with two attached hydrogens (primary N) is 1. The lowest BCUT2D eigenvalue weighted by Gasteiger charge is -2.32. The van der Waals surface area contributed by atoms with Gasteiger partial charge in [0.15, 0.2) is 0 Å². The van der Waals surface area contributed by atoms with Gasteiger partial charge in [0.25, 0.3) is 17.7 Å². The number of imide groups is 1. The van der Waals surface area contributed by atoms with Crippen molar-refractivity contribution < 1.29 is 19.2 Å². The first-order valence-electron chi connectivity index (χ1n) is 10.0. The van der Waals surface area contributed by atoms with Crippen molar-refractivity contribution in [2.24, 2.45) is 5.73 Å². The zero-order valence-corrected chi connectivity index (χ0v) is 16.5. The largest absolute Gasteiger partial charge is 0.364 e. The van der Waals surface area contributed by atoms with Crippen molar-refractivity contribution in [2.75, 3.05) is 19.6 Å². The third-order valence-electron chi connectivity index (χ3n) is 5.71. The molecule has 1 atom stereocenters. The van der Waals surface area contributed by atoms with E-state index in [1.807, 2.05) is 0 Å². The lowest BCUT2D eigenvalue weighted by molar-refractivity contribution is -0.132. The minimum absolute atomic E-state index is 0.00838. The van der Waals surface area contributed by atoms with Gasteiger partial charge in [-0.3, -0.25) is 29.2 Å². The van der Waals surface area contributed by atoms with Gasteiger partial charge in [0, 0.05) is 37.7 Å². The highest BCUT2D eigenvalue weighted by atomic mass is 16.2. The summed E-state index contributed by atoms with van der Waals surface area (Å²) in [5.41, 5.74) is 7.07. The molecule has 156 valence electrons. The SMILES string of the molecule is NC(=O)c1cc([C@@H]2CCCN(C(=O)CCCN3C(=O)c4ccccc4C3=O)C2)[nH]n1. The van der Waals surface area contributed by atoms with Crippen molar-refractivity contribution in [2.45, 2.75) is 31.6 Å². The predicted octanol–water partition coefficient (Wildman–Crippen LogP) is 1.29. The molecule has 1 aromatic carbocycles. The van der Waals surface area contributed by atoms with E-state index < -0.39 is 5.91 Å². The van der Waals surface area contributed by atoms with E-state index in [0.717, 1.165) is 18.5 Å². The number of H-pyrrole nitrogens is 1. The fourth-order valence-electron chi connectivity index (χ4n) is 4.12. The maximum atomic E-state index is 12.7. The van der Waals surface area contributed by atoms with Gasteiger partial charge in [-0.15, -0.1) is 0 Å². The molecule has 2 aromatic rings. The number of nitrogens with zero attached hydrogens (tertiary/aromatic N) is 3. The molecular formula is C21H23N5O4. The number of fused-ring (bicyclic) bond motifs is 1. The third kappa shape index (κ3) is 3.70. The summed E-state index contributed by atoms with van der Waals surface area (Å²) in [7, 11) is 0. The van der Waals surface area contributed by atoms with Crippen molar-refractivity contribution in [3.63, 3.8) is 0 Å². The van der Waals surface area contributed by atoms with Crippen LogP contribution in [0, 0.1) is 0 Å². The molecule has 0 aliphatic carbocycles. The smallest absolute Gasteiger partial charge is 0.269 e. The Morgan fingerprint density at radius 3 is 2.50 bits per heavy atom. The van der Waals surface area contributed by atoms with Crippen LogP contribution in [-0.4, -0.2) is 63.3 Å². The average Bonchev–Trinajstić information content (AvgIpc) is 3.34. The highest BCUT2D eigenvalue weighted by Gasteiger charge is 2.35. The molecule has 9 heteroatoms. The number of piperidine rings is 1. The van der Waals surface area contributed by atoms with Gasteiger partial charge in [-0.25, -0.2) is 0 Å². The van der Waals surface area contributed by atoms with E-state index in [9.17, 15) is 19.2 Å². The number of nitrogens with one attached hydrogen (secondary N) is 1. The average molecular weight is 409 g/mol. The van der Waals surface area contributed by atoms with Crippen molar-refractivity contribution in [1.82, 2.24) is 20.0 Å². The van der Waals surface area contributed by atoms with Gasteiger partial charge in [-0.2, -0.15) is 5.10 Å². The maximum Gasteiger partial charge on any atom is 0.269 e. The Balaban J connectivity index is 1.30. The first-order chi connectivity index (χ1) is 14.5. The minimum atomic E-state index is -0.589. The first kappa shape index (κ1) is 19.8. The second-order valence-electron chi connectivity index (χ2n) is 7.66. The van der Waals surface area contributed by atoms with Crippen LogP contribution in [-0.2, 0) is 4.79 Å². The van der Waals surface area contributed by atoms with Crippen molar-refractivity contribution >= 4 is 23.6 Å². The number of rotatable bonds is 6. The predicted molar refractivity (Wildman–Crippen MR) is 107 cm³/mol. The van der Waals surface area contributed by atoms with E-state index in [0.29, 0.717) is 30.6 Å². The number of benzene rings is 1. The zero-order chi connectivity index (χ0) is 21.3. The second-order valence-corrected chi connectivity index (χ2v) is 7.66. The van der Waals surface area contributed by atoms with E-state index >= 15 is 0 Å². The fraction of sp³-hybridized carbons (Fsp3) is 0.381. The van der Waals surface area contributed by atoms with Gasteiger partial charge in [-0.05, 0) is 37.5 Å². The molecule has 4 rings (SSSR count). The van der Waals surface area contributed by atoms with Crippen molar-refractivity contribution in [3.05, 3.63) is 52.8 Å². The quantitative estimate of drug-likeness (QED) is 0.695. The van der Waals surface area contributed by atoms with E-state index in [4.69, 9.17) is 5.73 Å². The third-order valence-corrected chi connectivity index (χ3v) is 5.71. The highest BCUT2D eigenvalue weighted by molar-refractivity contribution is 6.21.